The molecule has 1 aromatic heterocycles. The highest BCUT2D eigenvalue weighted by molar-refractivity contribution is 7.80. The number of nitrogens with zero attached hydrogens (tertiary/aromatic N) is 3. The highest BCUT2D eigenvalue weighted by Gasteiger charge is 2.49. The Hall–Kier alpha value is -2.22. The molecule has 2 fully saturated rings. The van der Waals surface area contributed by atoms with Crippen molar-refractivity contribution >= 4 is 22.3 Å². The Morgan fingerprint density at radius 1 is 1.50 bits per heavy atom. The first-order chi connectivity index (χ1) is 11.3. The van der Waals surface area contributed by atoms with Crippen LogP contribution in [0.15, 0.2) is 12.3 Å². The predicted molar refractivity (Wildman–Crippen MR) is 74.9 cm³/mol. The Kier molecular flexibility index (Phi) is 4.40. The fraction of sp³-hybridized carbons (Fsp3) is 0.545. The number of carbonyl (C=O) groups excluding carboxylic acids is 2. The van der Waals surface area contributed by atoms with Crippen molar-refractivity contribution in [2.24, 2.45) is 0 Å². The summed E-state index contributed by atoms with van der Waals surface area (Å²) in [6, 6.07) is -0.491. The number of H-pyrrole nitrogens is 1. The Labute approximate surface area is 136 Å². The van der Waals surface area contributed by atoms with Crippen LogP contribution in [0.1, 0.15) is 18.5 Å². The molecular weight excluding hydrogens is 346 g/mol. The van der Waals surface area contributed by atoms with Gasteiger partial charge in [-0.25, -0.2) is 10.3 Å². The van der Waals surface area contributed by atoms with E-state index in [1.165, 1.54) is 11.1 Å². The molecule has 0 unspecified atom stereocenters. The zero-order chi connectivity index (χ0) is 17.3. The highest BCUT2D eigenvalue weighted by Crippen LogP contribution is 2.30. The lowest BCUT2D eigenvalue weighted by molar-refractivity contribution is -0.140. The molecule has 3 amide bonds. The first-order valence-electron chi connectivity index (χ1n) is 7.02. The van der Waals surface area contributed by atoms with Crippen molar-refractivity contribution in [2.45, 2.75) is 31.5 Å². The number of amides is 3. The van der Waals surface area contributed by atoms with Crippen LogP contribution < -0.4 is 5.48 Å². The number of piperidine rings is 1. The topological polar surface area (TPSA) is 154 Å². The summed E-state index contributed by atoms with van der Waals surface area (Å²) >= 11 is 0. The van der Waals surface area contributed by atoms with Gasteiger partial charge < -0.3 is 4.90 Å². The Bertz CT molecular complexity index is 721. The van der Waals surface area contributed by atoms with Gasteiger partial charge in [-0.15, -0.1) is 4.28 Å². The quantitative estimate of drug-likeness (QED) is 0.429. The molecule has 12 nitrogen and oxygen atoms in total. The molecule has 0 spiro atoms. The van der Waals surface area contributed by atoms with Gasteiger partial charge in [0.15, 0.2) is 0 Å². The zero-order valence-corrected chi connectivity index (χ0v) is 13.1. The van der Waals surface area contributed by atoms with Crippen molar-refractivity contribution in [2.75, 3.05) is 6.54 Å². The maximum absolute atomic E-state index is 12.2. The maximum atomic E-state index is 12.2. The Morgan fingerprint density at radius 3 is 2.96 bits per heavy atom. The van der Waals surface area contributed by atoms with E-state index in [4.69, 9.17) is 9.39 Å². The van der Waals surface area contributed by atoms with Crippen LogP contribution in [-0.4, -0.2) is 63.7 Å². The van der Waals surface area contributed by atoms with Gasteiger partial charge in [0, 0.05) is 12.7 Å². The molecule has 2 bridgehead atoms. The second-order valence-electron chi connectivity index (χ2n) is 5.35. The lowest BCUT2D eigenvalue weighted by Gasteiger charge is -2.28. The molecule has 0 radical (unpaired) electrons. The number of aromatic amines is 1. The minimum Gasteiger partial charge on any atom is -0.309 e. The normalized spacial score (nSPS) is 23.6. The van der Waals surface area contributed by atoms with E-state index >= 15 is 0 Å². The number of urea groups is 1. The third kappa shape index (κ3) is 3.48. The van der Waals surface area contributed by atoms with Gasteiger partial charge in [0.25, 0.3) is 5.91 Å². The zero-order valence-electron chi connectivity index (χ0n) is 12.3. The Morgan fingerprint density at radius 2 is 2.29 bits per heavy atom. The van der Waals surface area contributed by atoms with E-state index in [1.54, 1.807) is 6.07 Å². The molecule has 2 aliphatic heterocycles. The van der Waals surface area contributed by atoms with E-state index in [1.807, 2.05) is 0 Å². The molecular formula is C11H15N5O7S. The minimum atomic E-state index is -4.81. The molecule has 132 valence electrons. The average Bonchev–Trinajstić information content (AvgIpc) is 3.10. The van der Waals surface area contributed by atoms with E-state index in [2.05, 4.69) is 20.0 Å². The molecule has 24 heavy (non-hydrogen) atoms. The molecule has 3 heterocycles. The largest absolute Gasteiger partial charge is 0.418 e. The lowest BCUT2D eigenvalue weighted by Crippen LogP contribution is -2.49. The van der Waals surface area contributed by atoms with Crippen LogP contribution in [-0.2, 0) is 30.9 Å². The van der Waals surface area contributed by atoms with Gasteiger partial charge in [0.05, 0.1) is 11.7 Å². The highest BCUT2D eigenvalue weighted by atomic mass is 32.3. The van der Waals surface area contributed by atoms with Crippen molar-refractivity contribution in [3.8, 4) is 0 Å². The summed E-state index contributed by atoms with van der Waals surface area (Å²) in [5.41, 5.74) is 2.91. The fourth-order valence-corrected chi connectivity index (χ4v) is 3.11. The summed E-state index contributed by atoms with van der Waals surface area (Å²) in [6.45, 7) is 0.194. The van der Waals surface area contributed by atoms with E-state index in [-0.39, 0.29) is 13.2 Å². The fourth-order valence-electron chi connectivity index (χ4n) is 2.72. The summed E-state index contributed by atoms with van der Waals surface area (Å²) < 4.78 is 34.6. The number of rotatable bonds is 6. The monoisotopic (exact) mass is 361 g/mol. The smallest absolute Gasteiger partial charge is 0.309 e. The van der Waals surface area contributed by atoms with Crippen LogP contribution in [0, 0.1) is 0 Å². The van der Waals surface area contributed by atoms with Crippen molar-refractivity contribution < 1.29 is 31.7 Å². The standard InChI is InChI=1S/C11H15N5O7S/c17-10(14-22-6-7-3-4-12-13-7)9-2-1-8-5-15(9)11(18)16(8)23-24(19,20)21/h3-4,8-9H,1-2,5-6H2,(H,12,13)(H,14,17)(H,19,20,21)/t8-,9+/m1/s1. The summed E-state index contributed by atoms with van der Waals surface area (Å²) in [4.78, 5) is 30.6. The van der Waals surface area contributed by atoms with Gasteiger partial charge in [0.2, 0.25) is 0 Å². The lowest BCUT2D eigenvalue weighted by atomic mass is 10.0. The first kappa shape index (κ1) is 16.6. The van der Waals surface area contributed by atoms with Gasteiger partial charge in [-0.1, -0.05) is 0 Å². The van der Waals surface area contributed by atoms with E-state index in [0.717, 1.165) is 0 Å². The summed E-state index contributed by atoms with van der Waals surface area (Å²) in [6.07, 6.45) is 2.19. The molecule has 0 saturated carbocycles. The Balaban J connectivity index is 1.58. The molecule has 2 atom stereocenters. The van der Waals surface area contributed by atoms with E-state index < -0.39 is 34.4 Å². The number of hydroxylamine groups is 3. The van der Waals surface area contributed by atoms with Crippen LogP contribution in [0.5, 0.6) is 0 Å². The van der Waals surface area contributed by atoms with Gasteiger partial charge in [0.1, 0.15) is 12.6 Å². The number of hydrogen-bond acceptors (Lipinski definition) is 7. The summed E-state index contributed by atoms with van der Waals surface area (Å²) in [5, 5.41) is 6.96. The number of hydrogen-bond donors (Lipinski definition) is 3. The third-order valence-corrected chi connectivity index (χ3v) is 4.11. The first-order valence-corrected chi connectivity index (χ1v) is 8.38. The molecule has 0 aliphatic carbocycles. The molecule has 3 N–H and O–H groups in total. The van der Waals surface area contributed by atoms with E-state index in [0.29, 0.717) is 23.6 Å². The summed E-state index contributed by atoms with van der Waals surface area (Å²) in [5.74, 6) is -0.532. The molecule has 13 heteroatoms. The minimum absolute atomic E-state index is 0.0764. The van der Waals surface area contributed by atoms with Crippen LogP contribution in [0.3, 0.4) is 0 Å². The van der Waals surface area contributed by atoms with Crippen molar-refractivity contribution in [1.82, 2.24) is 25.6 Å². The SMILES string of the molecule is O=C(NOCc1ccn[nH]1)[C@@H]1CC[C@@H]2CN1C(=O)N2OS(=O)(=O)O. The van der Waals surface area contributed by atoms with Gasteiger partial charge in [-0.3, -0.25) is 19.3 Å². The van der Waals surface area contributed by atoms with Crippen LogP contribution >= 0.6 is 0 Å². The van der Waals surface area contributed by atoms with Crippen molar-refractivity contribution in [1.29, 1.82) is 0 Å². The van der Waals surface area contributed by atoms with Gasteiger partial charge >= 0.3 is 16.4 Å². The summed E-state index contributed by atoms with van der Waals surface area (Å²) in [7, 11) is -4.81. The molecule has 1 aromatic rings. The van der Waals surface area contributed by atoms with Gasteiger partial charge in [-0.05, 0) is 18.9 Å². The van der Waals surface area contributed by atoms with E-state index in [9.17, 15) is 18.0 Å². The molecule has 2 aliphatic rings. The van der Waals surface area contributed by atoms with Gasteiger partial charge in [-0.2, -0.15) is 18.6 Å². The number of fused-ring (bicyclic) bond motifs is 2. The molecule has 3 rings (SSSR count). The number of nitrogens with one attached hydrogen (secondary N) is 2. The van der Waals surface area contributed by atoms with Crippen molar-refractivity contribution in [3.05, 3.63) is 18.0 Å². The second kappa shape index (κ2) is 6.35. The molecule has 0 aromatic carbocycles. The predicted octanol–water partition coefficient (Wildman–Crippen LogP) is -1.04. The van der Waals surface area contributed by atoms with Crippen molar-refractivity contribution in [3.63, 3.8) is 0 Å². The number of aromatic nitrogens is 2. The van der Waals surface area contributed by atoms with Crippen LogP contribution in [0.25, 0.3) is 0 Å². The third-order valence-electron chi connectivity index (χ3n) is 3.76. The number of carbonyl (C=O) groups is 2. The maximum Gasteiger partial charge on any atom is 0.418 e. The second-order valence-corrected chi connectivity index (χ2v) is 6.35. The van der Waals surface area contributed by atoms with Crippen LogP contribution in [0.4, 0.5) is 4.79 Å². The average molecular weight is 361 g/mol. The van der Waals surface area contributed by atoms with Crippen LogP contribution in [0.2, 0.25) is 0 Å². The molecule has 2 saturated heterocycles.